The summed E-state index contributed by atoms with van der Waals surface area (Å²) < 4.78 is 30.7. The molecule has 200 valence electrons. The molecule has 0 fully saturated rings. The summed E-state index contributed by atoms with van der Waals surface area (Å²) in [5.74, 6) is 0.334. The van der Waals surface area contributed by atoms with Crippen molar-refractivity contribution in [1.82, 2.24) is 20.0 Å². The van der Waals surface area contributed by atoms with Gasteiger partial charge in [0, 0.05) is 48.7 Å². The van der Waals surface area contributed by atoms with Crippen LogP contribution < -0.4 is 10.2 Å². The second-order valence-corrected chi connectivity index (χ2v) is 9.52. The first-order valence-corrected chi connectivity index (χ1v) is 12.7. The minimum atomic E-state index is -2.67. The van der Waals surface area contributed by atoms with Gasteiger partial charge in [0.15, 0.2) is 0 Å². The minimum Gasteiger partial charge on any atom is -0.358 e. The molecule has 1 amide bonds. The van der Waals surface area contributed by atoms with Gasteiger partial charge in [-0.2, -0.15) is 5.10 Å². The van der Waals surface area contributed by atoms with Gasteiger partial charge < -0.3 is 15.1 Å². The van der Waals surface area contributed by atoms with Crippen molar-refractivity contribution < 1.29 is 13.6 Å². The number of benzene rings is 2. The standard InChI is InChI=1S/C29H34F2N6O/c1-5-20-9-6-7-11-23(20)29(33-18-27(38)32-2)37-12-8-10-21-15-24(25(28(30)31)16-26(21)37)22-17-34-36(19-22)14-13-35(3)4/h5-7,9,11,15-17,19,28H,1,8,10,12-14,18H2,2-4H3,(H,32,38). The molecule has 1 N–H and O–H groups in total. The highest BCUT2D eigenvalue weighted by Crippen LogP contribution is 2.39. The number of anilines is 1. The predicted octanol–water partition coefficient (Wildman–Crippen LogP) is 4.64. The van der Waals surface area contributed by atoms with Crippen LogP contribution >= 0.6 is 0 Å². The molecule has 1 aromatic heterocycles. The van der Waals surface area contributed by atoms with Crippen LogP contribution in [0.15, 0.2) is 60.4 Å². The number of hydrogen-bond acceptors (Lipinski definition) is 4. The normalized spacial score (nSPS) is 13.7. The van der Waals surface area contributed by atoms with E-state index in [-0.39, 0.29) is 18.0 Å². The van der Waals surface area contributed by atoms with Crippen LogP contribution in [0.2, 0.25) is 0 Å². The summed E-state index contributed by atoms with van der Waals surface area (Å²) >= 11 is 0. The van der Waals surface area contributed by atoms with Crippen LogP contribution in [0.25, 0.3) is 17.2 Å². The highest BCUT2D eigenvalue weighted by molar-refractivity contribution is 6.13. The van der Waals surface area contributed by atoms with Gasteiger partial charge in [-0.3, -0.25) is 14.5 Å². The monoisotopic (exact) mass is 520 g/mol. The molecule has 0 aliphatic carbocycles. The molecule has 1 aliphatic heterocycles. The Hall–Kier alpha value is -3.85. The summed E-state index contributed by atoms with van der Waals surface area (Å²) in [5, 5.41) is 6.99. The van der Waals surface area contributed by atoms with Crippen LogP contribution in [0.4, 0.5) is 14.5 Å². The number of amides is 1. The van der Waals surface area contributed by atoms with E-state index in [0.29, 0.717) is 35.7 Å². The van der Waals surface area contributed by atoms with Gasteiger partial charge in [0.2, 0.25) is 5.91 Å². The van der Waals surface area contributed by atoms with Gasteiger partial charge in [-0.25, -0.2) is 8.78 Å². The molecule has 4 rings (SSSR count). The number of fused-ring (bicyclic) bond motifs is 1. The first-order valence-electron chi connectivity index (χ1n) is 12.7. The molecule has 0 bridgehead atoms. The fourth-order valence-corrected chi connectivity index (χ4v) is 4.65. The summed E-state index contributed by atoms with van der Waals surface area (Å²) in [6.45, 7) is 5.91. The summed E-state index contributed by atoms with van der Waals surface area (Å²) in [4.78, 5) is 20.8. The van der Waals surface area contributed by atoms with Crippen LogP contribution in [-0.4, -0.2) is 67.2 Å². The van der Waals surface area contributed by atoms with E-state index in [2.05, 4.69) is 22.0 Å². The van der Waals surface area contributed by atoms with Gasteiger partial charge in [-0.1, -0.05) is 36.9 Å². The third-order valence-corrected chi connectivity index (χ3v) is 6.65. The number of nitrogens with one attached hydrogen (secondary N) is 1. The molecule has 7 nitrogen and oxygen atoms in total. The zero-order valence-electron chi connectivity index (χ0n) is 22.1. The molecule has 1 aliphatic rings. The van der Waals surface area contributed by atoms with E-state index in [1.54, 1.807) is 30.1 Å². The van der Waals surface area contributed by atoms with Crippen LogP contribution in [0.5, 0.6) is 0 Å². The molecule has 3 aromatic rings. The summed E-state index contributed by atoms with van der Waals surface area (Å²) in [5.41, 5.74) is 4.41. The fourth-order valence-electron chi connectivity index (χ4n) is 4.65. The maximum atomic E-state index is 14.5. The predicted molar refractivity (Wildman–Crippen MR) is 149 cm³/mol. The molecule has 0 saturated carbocycles. The Labute approximate surface area is 222 Å². The Kier molecular flexibility index (Phi) is 8.68. The molecule has 2 heterocycles. The Morgan fingerprint density at radius 1 is 1.29 bits per heavy atom. The van der Waals surface area contributed by atoms with E-state index in [1.165, 1.54) is 0 Å². The number of likely N-dealkylation sites (N-methyl/N-ethyl adjacent to an activating group) is 2. The van der Waals surface area contributed by atoms with E-state index in [0.717, 1.165) is 36.1 Å². The van der Waals surface area contributed by atoms with Crippen LogP contribution in [-0.2, 0) is 17.8 Å². The lowest BCUT2D eigenvalue weighted by molar-refractivity contribution is -0.119. The summed E-state index contributed by atoms with van der Waals surface area (Å²) in [6, 6.07) is 11.1. The Morgan fingerprint density at radius 3 is 2.79 bits per heavy atom. The first kappa shape index (κ1) is 27.2. The zero-order chi connectivity index (χ0) is 27.2. The quantitative estimate of drug-likeness (QED) is 0.330. The van der Waals surface area contributed by atoms with E-state index in [4.69, 9.17) is 0 Å². The smallest absolute Gasteiger partial charge is 0.264 e. The first-order chi connectivity index (χ1) is 18.3. The second kappa shape index (κ2) is 12.1. The molecule has 0 unspecified atom stereocenters. The molecule has 0 radical (unpaired) electrons. The highest BCUT2D eigenvalue weighted by atomic mass is 19.3. The molecular formula is C29H34F2N6O. The van der Waals surface area contributed by atoms with Crippen molar-refractivity contribution in [2.24, 2.45) is 4.99 Å². The van der Waals surface area contributed by atoms with Crippen molar-refractivity contribution in [1.29, 1.82) is 0 Å². The maximum absolute atomic E-state index is 14.5. The highest BCUT2D eigenvalue weighted by Gasteiger charge is 2.27. The number of amidine groups is 1. The largest absolute Gasteiger partial charge is 0.358 e. The molecule has 2 aromatic carbocycles. The average molecular weight is 521 g/mol. The Bertz CT molecular complexity index is 1330. The van der Waals surface area contributed by atoms with Crippen molar-refractivity contribution >= 4 is 23.5 Å². The maximum Gasteiger partial charge on any atom is 0.264 e. The van der Waals surface area contributed by atoms with E-state index < -0.39 is 6.43 Å². The number of alkyl halides is 2. The van der Waals surface area contributed by atoms with Gasteiger partial charge in [-0.05, 0) is 55.8 Å². The van der Waals surface area contributed by atoms with Gasteiger partial charge >= 0.3 is 0 Å². The minimum absolute atomic E-state index is 0.0505. The third-order valence-electron chi connectivity index (χ3n) is 6.65. The number of nitrogens with zero attached hydrogens (tertiary/aromatic N) is 5. The SMILES string of the molecule is C=Cc1ccccc1C(=NCC(=O)NC)N1CCCc2cc(-c3cnn(CCN(C)C)c3)c(C(F)F)cc21. The van der Waals surface area contributed by atoms with Crippen molar-refractivity contribution in [3.05, 3.63) is 77.6 Å². The number of carbonyl (C=O) groups is 1. The van der Waals surface area contributed by atoms with Gasteiger partial charge in [0.25, 0.3) is 6.43 Å². The lowest BCUT2D eigenvalue weighted by Crippen LogP contribution is -2.37. The summed E-state index contributed by atoms with van der Waals surface area (Å²) in [7, 11) is 5.52. The van der Waals surface area contributed by atoms with Crippen molar-refractivity contribution in [2.75, 3.05) is 45.7 Å². The number of aryl methyl sites for hydroxylation is 1. The molecule has 38 heavy (non-hydrogen) atoms. The number of carbonyl (C=O) groups excluding carboxylic acids is 1. The Balaban J connectivity index is 1.80. The van der Waals surface area contributed by atoms with Crippen molar-refractivity contribution in [3.63, 3.8) is 0 Å². The van der Waals surface area contributed by atoms with Gasteiger partial charge in [-0.15, -0.1) is 0 Å². The van der Waals surface area contributed by atoms with E-state index >= 15 is 0 Å². The van der Waals surface area contributed by atoms with Crippen LogP contribution in [0.3, 0.4) is 0 Å². The number of aromatic nitrogens is 2. The molecule has 0 spiro atoms. The zero-order valence-corrected chi connectivity index (χ0v) is 22.1. The van der Waals surface area contributed by atoms with Gasteiger partial charge in [0.05, 0.1) is 12.7 Å². The van der Waals surface area contributed by atoms with E-state index in [1.807, 2.05) is 60.4 Å². The third kappa shape index (κ3) is 5.99. The topological polar surface area (TPSA) is 65.8 Å². The second-order valence-electron chi connectivity index (χ2n) is 9.52. The van der Waals surface area contributed by atoms with Gasteiger partial charge in [0.1, 0.15) is 12.4 Å². The average Bonchev–Trinajstić information content (AvgIpc) is 3.40. The number of aliphatic imine (C=N–C) groups is 1. The lowest BCUT2D eigenvalue weighted by atomic mass is 9.92. The van der Waals surface area contributed by atoms with E-state index in [9.17, 15) is 13.6 Å². The number of hydrogen-bond donors (Lipinski definition) is 1. The van der Waals surface area contributed by atoms with Crippen molar-refractivity contribution in [2.45, 2.75) is 25.8 Å². The van der Waals surface area contributed by atoms with Crippen molar-refractivity contribution in [3.8, 4) is 11.1 Å². The molecule has 0 saturated heterocycles. The summed E-state index contributed by atoms with van der Waals surface area (Å²) in [6.07, 6.45) is 4.11. The Morgan fingerprint density at radius 2 is 2.08 bits per heavy atom. The van der Waals surface area contributed by atoms with Crippen LogP contribution in [0.1, 0.15) is 35.1 Å². The molecule has 0 atom stereocenters. The number of halogens is 2. The molecule has 9 heteroatoms. The van der Waals surface area contributed by atoms with Crippen LogP contribution in [0, 0.1) is 0 Å². The molecular weight excluding hydrogens is 486 g/mol. The lowest BCUT2D eigenvalue weighted by Gasteiger charge is -2.34. The fraction of sp³-hybridized carbons (Fsp3) is 0.345. The number of rotatable bonds is 9.